The van der Waals surface area contributed by atoms with Gasteiger partial charge in [-0.2, -0.15) is 11.8 Å². The molecule has 31 heavy (non-hydrogen) atoms. The summed E-state index contributed by atoms with van der Waals surface area (Å²) >= 11 is 9.32. The lowest BCUT2D eigenvalue weighted by Gasteiger charge is -2.34. The van der Waals surface area contributed by atoms with Gasteiger partial charge < -0.3 is 4.74 Å². The average Bonchev–Trinajstić information content (AvgIpc) is 3.12. The minimum Gasteiger partial charge on any atom is -0.430 e. The van der Waals surface area contributed by atoms with E-state index in [1.807, 2.05) is 37.7 Å². The number of carbonyl (C=O) groups is 2. The van der Waals surface area contributed by atoms with Crippen LogP contribution in [-0.2, 0) is 25.8 Å². The third-order valence-electron chi connectivity index (χ3n) is 5.47. The number of ether oxygens (including phenoxy) is 1. The third-order valence-corrected chi connectivity index (χ3v) is 7.91. The topological polar surface area (TPSA) is 64.6 Å². The summed E-state index contributed by atoms with van der Waals surface area (Å²) in [5.74, 6) is 3.19. The van der Waals surface area contributed by atoms with Crippen LogP contribution in [0.3, 0.4) is 0 Å². The highest BCUT2D eigenvalue weighted by atomic mass is 35.5. The van der Waals surface area contributed by atoms with E-state index < -0.39 is 0 Å². The summed E-state index contributed by atoms with van der Waals surface area (Å²) in [5, 5.41) is 0. The molecule has 3 rings (SSSR count). The molecule has 2 unspecified atom stereocenters. The molecule has 2 heterocycles. The van der Waals surface area contributed by atoms with Crippen LogP contribution in [0, 0.1) is 17.8 Å². The largest absolute Gasteiger partial charge is 0.430 e. The Morgan fingerprint density at radius 1 is 1.32 bits per heavy atom. The van der Waals surface area contributed by atoms with E-state index >= 15 is 0 Å². The Labute approximate surface area is 197 Å². The van der Waals surface area contributed by atoms with Gasteiger partial charge in [0, 0.05) is 24.1 Å². The van der Waals surface area contributed by atoms with Crippen LogP contribution in [0.2, 0.25) is 4.34 Å². The minimum absolute atomic E-state index is 0.0422. The molecule has 5 nitrogen and oxygen atoms in total. The van der Waals surface area contributed by atoms with Crippen molar-refractivity contribution in [2.45, 2.75) is 52.6 Å². The lowest BCUT2D eigenvalue weighted by molar-refractivity contribution is -0.141. The molecule has 1 aliphatic heterocycles. The first kappa shape index (κ1) is 24.4. The summed E-state index contributed by atoms with van der Waals surface area (Å²) in [6.07, 6.45) is 3.64. The van der Waals surface area contributed by atoms with E-state index in [0.29, 0.717) is 53.2 Å². The summed E-state index contributed by atoms with van der Waals surface area (Å²) in [7, 11) is 0. The van der Waals surface area contributed by atoms with E-state index in [2.05, 4.69) is 12.1 Å². The summed E-state index contributed by atoms with van der Waals surface area (Å²) in [6.45, 7) is 8.22. The predicted octanol–water partition coefficient (Wildman–Crippen LogP) is 5.90. The van der Waals surface area contributed by atoms with Crippen LogP contribution in [0.25, 0.3) is 0 Å². The van der Waals surface area contributed by atoms with Gasteiger partial charge in [0.15, 0.2) is 5.78 Å². The number of Topliss-reactive ketones (excluding diaryl/α,β-unsaturated/α-hetero) is 1. The van der Waals surface area contributed by atoms with E-state index in [0.717, 1.165) is 17.1 Å². The van der Waals surface area contributed by atoms with Crippen LogP contribution in [0.5, 0.6) is 0 Å². The molecular formula is C23H30ClNO4S2. The van der Waals surface area contributed by atoms with Crippen molar-refractivity contribution in [3.8, 4) is 0 Å². The van der Waals surface area contributed by atoms with E-state index in [1.165, 1.54) is 23.5 Å². The number of hydrogen-bond donors (Lipinski definition) is 1. The molecule has 170 valence electrons. The van der Waals surface area contributed by atoms with E-state index in [9.17, 15) is 9.59 Å². The molecule has 1 N–H and O–H groups in total. The maximum Gasteiger partial charge on any atom is 0.311 e. The Kier molecular flexibility index (Phi) is 9.07. The van der Waals surface area contributed by atoms with Crippen molar-refractivity contribution in [3.05, 3.63) is 45.0 Å². The lowest BCUT2D eigenvalue weighted by Crippen LogP contribution is -2.32. The van der Waals surface area contributed by atoms with Crippen molar-refractivity contribution in [3.63, 3.8) is 0 Å². The van der Waals surface area contributed by atoms with Crippen molar-refractivity contribution in [2.75, 3.05) is 11.5 Å². The summed E-state index contributed by atoms with van der Waals surface area (Å²) < 4.78 is 6.43. The number of esters is 1. The number of thioether (sulfide) groups is 1. The molecule has 1 fully saturated rings. The van der Waals surface area contributed by atoms with E-state index in [1.54, 1.807) is 0 Å². The monoisotopic (exact) mass is 483 g/mol. The van der Waals surface area contributed by atoms with Crippen LogP contribution in [0.1, 0.15) is 50.8 Å². The molecule has 1 aromatic heterocycles. The Balaban J connectivity index is 1.72. The average molecular weight is 484 g/mol. The number of halogens is 1. The first-order valence-corrected chi connectivity index (χ1v) is 13.0. The van der Waals surface area contributed by atoms with Crippen LogP contribution in [-0.4, -0.2) is 23.3 Å². The zero-order chi connectivity index (χ0) is 22.4. The van der Waals surface area contributed by atoms with Gasteiger partial charge in [0.1, 0.15) is 12.4 Å². The van der Waals surface area contributed by atoms with Gasteiger partial charge in [0.25, 0.3) is 0 Å². The van der Waals surface area contributed by atoms with Crippen molar-refractivity contribution < 1.29 is 19.2 Å². The van der Waals surface area contributed by atoms with Gasteiger partial charge in [0.2, 0.25) is 0 Å². The van der Waals surface area contributed by atoms with E-state index in [-0.39, 0.29) is 23.6 Å². The second-order valence-corrected chi connectivity index (χ2v) is 11.5. The van der Waals surface area contributed by atoms with Gasteiger partial charge >= 0.3 is 5.97 Å². The smallest absolute Gasteiger partial charge is 0.311 e. The highest BCUT2D eigenvalue weighted by Crippen LogP contribution is 2.39. The van der Waals surface area contributed by atoms with Gasteiger partial charge in [-0.15, -0.1) is 11.3 Å². The van der Waals surface area contributed by atoms with Crippen molar-refractivity contribution >= 4 is 46.5 Å². The Morgan fingerprint density at radius 3 is 2.77 bits per heavy atom. The van der Waals surface area contributed by atoms with Crippen molar-refractivity contribution in [1.29, 1.82) is 0 Å². The fourth-order valence-corrected chi connectivity index (χ4v) is 6.27. The van der Waals surface area contributed by atoms with Crippen LogP contribution < -0.4 is 5.48 Å². The molecule has 0 spiro atoms. The quantitative estimate of drug-likeness (QED) is 0.348. The van der Waals surface area contributed by atoms with Crippen LogP contribution >= 0.6 is 34.7 Å². The number of thiophene rings is 1. The molecule has 8 heteroatoms. The van der Waals surface area contributed by atoms with Crippen LogP contribution in [0.4, 0.5) is 0 Å². The number of hydroxylamine groups is 1. The van der Waals surface area contributed by atoms with Gasteiger partial charge in [-0.05, 0) is 54.2 Å². The maximum atomic E-state index is 13.1. The number of carbonyl (C=O) groups excluding carboxylic acids is 2. The molecule has 0 aromatic carbocycles. The fraction of sp³-hybridized carbons (Fsp3) is 0.565. The van der Waals surface area contributed by atoms with Gasteiger partial charge in [-0.3, -0.25) is 19.9 Å². The normalized spacial score (nSPS) is 22.0. The van der Waals surface area contributed by atoms with E-state index in [4.69, 9.17) is 21.2 Å². The number of allylic oxidation sites excluding steroid dienone is 2. The first-order valence-electron chi connectivity index (χ1n) is 10.7. The minimum atomic E-state index is -0.309. The van der Waals surface area contributed by atoms with Crippen molar-refractivity contribution in [1.82, 2.24) is 5.48 Å². The van der Waals surface area contributed by atoms with Gasteiger partial charge in [-0.25, -0.2) is 0 Å². The number of ketones is 1. The maximum absolute atomic E-state index is 13.1. The molecule has 1 saturated heterocycles. The Hall–Kier alpha value is -1.28. The highest BCUT2D eigenvalue weighted by molar-refractivity contribution is 7.99. The number of rotatable bonds is 9. The summed E-state index contributed by atoms with van der Waals surface area (Å²) in [5.41, 5.74) is 3.45. The molecular weight excluding hydrogens is 454 g/mol. The third kappa shape index (κ3) is 7.11. The second-order valence-electron chi connectivity index (χ2n) is 8.51. The SMILES string of the molecule is C=C(NOCc1ccc(Cl)s1)C1=C(OC(=O)CC(C)C)CC(C2CCCSC2)CC1=O. The molecule has 1 aliphatic carbocycles. The predicted molar refractivity (Wildman–Crippen MR) is 127 cm³/mol. The van der Waals surface area contributed by atoms with Crippen molar-refractivity contribution in [2.24, 2.45) is 17.8 Å². The molecule has 2 aliphatic rings. The molecule has 2 atom stereocenters. The zero-order valence-electron chi connectivity index (χ0n) is 18.1. The zero-order valence-corrected chi connectivity index (χ0v) is 20.5. The molecule has 0 amide bonds. The molecule has 1 aromatic rings. The summed E-state index contributed by atoms with van der Waals surface area (Å²) in [4.78, 5) is 32.0. The molecule has 0 bridgehead atoms. The number of nitrogens with one attached hydrogen (secondary N) is 1. The Bertz CT molecular complexity index is 842. The molecule has 0 saturated carbocycles. The molecule has 0 radical (unpaired) electrons. The Morgan fingerprint density at radius 2 is 2.13 bits per heavy atom. The second kappa shape index (κ2) is 11.5. The van der Waals surface area contributed by atoms with Gasteiger partial charge in [-0.1, -0.05) is 32.0 Å². The van der Waals surface area contributed by atoms with Crippen LogP contribution in [0.15, 0.2) is 35.7 Å². The fourth-order valence-electron chi connectivity index (χ4n) is 4.00. The standard InChI is InChI=1S/C23H30ClNO4S2/c1-14(2)9-22(27)29-20-11-17(16-5-4-8-30-13-16)10-19(26)23(20)15(3)25-28-12-18-6-7-21(24)31-18/h6-7,14,16-17,25H,3-5,8-13H2,1-2H3. The highest BCUT2D eigenvalue weighted by Gasteiger charge is 2.36. The van der Waals surface area contributed by atoms with Gasteiger partial charge in [0.05, 0.1) is 15.6 Å². The summed E-state index contributed by atoms with van der Waals surface area (Å²) in [6, 6.07) is 3.69. The lowest BCUT2D eigenvalue weighted by atomic mass is 9.77. The first-order chi connectivity index (χ1) is 14.8. The number of hydrogen-bond acceptors (Lipinski definition) is 7.